The fraction of sp³-hybridized carbons (Fsp3) is 0.636. The largest absolute Gasteiger partial charge is 0.394 e. The lowest BCUT2D eigenvalue weighted by Crippen LogP contribution is -2.95. The third-order valence-corrected chi connectivity index (χ3v) is 11.1. The number of halogens is 1. The van der Waals surface area contributed by atoms with E-state index >= 15 is 0 Å². The Bertz CT molecular complexity index is 1140. The van der Waals surface area contributed by atoms with Gasteiger partial charge in [0.2, 0.25) is 0 Å². The van der Waals surface area contributed by atoms with Crippen molar-refractivity contribution in [3.8, 4) is 0 Å². The standard InChI is InChI=1S/C11H11B10FN2O5/c22-5-6(26)4(2-25)29-8(5)24-1-3(7(27)23-10(24)28)11-15-16(11)21-17(11)20(15)18-12-9-13(12)19(21)14(9)18/h1,4-6,8-9,25-26H,2H2,(H,23,27,28). The number of nitrogens with zero attached hydrogens (tertiary/aromatic N) is 1. The number of hydrogen-bond acceptors (Lipinski definition) is 5. The van der Waals surface area contributed by atoms with E-state index < -0.39 is 36.9 Å². The molecule has 1 aromatic heterocycles. The Balaban J connectivity index is 1.13. The summed E-state index contributed by atoms with van der Waals surface area (Å²) < 4.78 is 21.1. The number of aromatic amines is 1. The van der Waals surface area contributed by atoms with Gasteiger partial charge in [-0.05, 0) is 0 Å². The molecule has 8 aliphatic rings. The first kappa shape index (κ1) is 15.9. The third kappa shape index (κ3) is 1.25. The molecule has 8 fully saturated rings. The first-order valence-corrected chi connectivity index (χ1v) is 11.0. The summed E-state index contributed by atoms with van der Waals surface area (Å²) in [6, 6.07) is 0. The van der Waals surface area contributed by atoms with Crippen LogP contribution in [0.1, 0.15) is 11.8 Å². The Labute approximate surface area is 168 Å². The van der Waals surface area contributed by atoms with E-state index in [4.69, 9.17) is 4.74 Å². The number of ether oxygens (including phenoxy) is 1. The van der Waals surface area contributed by atoms with E-state index in [2.05, 4.69) is 4.98 Å². The molecule has 132 valence electrons. The average molecular weight is 378 g/mol. The van der Waals surface area contributed by atoms with Crippen molar-refractivity contribution in [2.24, 2.45) is 0 Å². The molecule has 18 heteroatoms. The van der Waals surface area contributed by atoms with Gasteiger partial charge in [-0.15, -0.1) is 10.7 Å². The molecule has 1 aromatic rings. The molecule has 4 atom stereocenters. The van der Waals surface area contributed by atoms with Crippen LogP contribution in [0.15, 0.2) is 15.8 Å². The SMILES string of the molecule is O=c1[nH]c(=O)n(C2OC(CO)C(O)C2F)cc1C12B3B4B5B6B(B3B1B42)B1B5C61. The van der Waals surface area contributed by atoms with Crippen molar-refractivity contribution in [1.29, 1.82) is 0 Å². The molecule has 9 heterocycles. The molecule has 0 aliphatic carbocycles. The molecule has 3 N–H and O–H groups in total. The highest BCUT2D eigenvalue weighted by Crippen LogP contribution is 2.77. The molecule has 9 rings (SSSR count). The van der Waals surface area contributed by atoms with Crippen LogP contribution >= 0.6 is 0 Å². The summed E-state index contributed by atoms with van der Waals surface area (Å²) in [5.41, 5.74) is 0.589. The lowest BCUT2D eigenvalue weighted by molar-refractivity contribution is -0.0492. The monoisotopic (exact) mass is 380 g/mol. The smallest absolute Gasteiger partial charge is 0.330 e. The van der Waals surface area contributed by atoms with Crippen LogP contribution in [0.25, 0.3) is 0 Å². The number of aliphatic hydroxyl groups is 2. The maximum absolute atomic E-state index is 14.6. The Hall–Kier alpha value is -0.861. The molecular weight excluding hydrogens is 367 g/mol. The molecule has 0 saturated carbocycles. The molecule has 7 nitrogen and oxygen atoms in total. The van der Waals surface area contributed by atoms with Gasteiger partial charge in [0.15, 0.2) is 12.4 Å². The van der Waals surface area contributed by atoms with Crippen LogP contribution in [0, 0.1) is 0 Å². The van der Waals surface area contributed by atoms with Crippen molar-refractivity contribution >= 4 is 64.5 Å². The van der Waals surface area contributed by atoms with Crippen LogP contribution in [0.3, 0.4) is 0 Å². The number of aliphatic hydroxyl groups excluding tert-OH is 2. The highest BCUT2D eigenvalue weighted by Gasteiger charge is 3.06. The predicted octanol–water partition coefficient (Wildman–Crippen LogP) is -5.59. The maximum Gasteiger partial charge on any atom is 0.330 e. The highest BCUT2D eigenvalue weighted by atomic mass is 19.1. The van der Waals surface area contributed by atoms with Crippen molar-refractivity contribution in [3.05, 3.63) is 32.6 Å². The van der Waals surface area contributed by atoms with Crippen molar-refractivity contribution in [3.63, 3.8) is 0 Å². The Morgan fingerprint density at radius 2 is 1.83 bits per heavy atom. The Morgan fingerprint density at radius 1 is 1.14 bits per heavy atom. The molecule has 29 heavy (non-hydrogen) atoms. The van der Waals surface area contributed by atoms with Crippen LogP contribution in [0.5, 0.6) is 0 Å². The molecule has 0 bridgehead atoms. The number of aromatic nitrogens is 2. The second-order valence-corrected chi connectivity index (χ2v) is 11.0. The van der Waals surface area contributed by atoms with Crippen molar-refractivity contribution in [2.75, 3.05) is 6.61 Å². The van der Waals surface area contributed by atoms with Gasteiger partial charge in [-0.3, -0.25) is 14.3 Å². The van der Waals surface area contributed by atoms with Crippen LogP contribution in [-0.2, 0) is 9.85 Å². The second-order valence-electron chi connectivity index (χ2n) is 11.0. The zero-order valence-electron chi connectivity index (χ0n) is 15.4. The van der Waals surface area contributed by atoms with E-state index in [1.165, 1.54) is 6.20 Å². The van der Waals surface area contributed by atoms with Crippen LogP contribution < -0.4 is 11.2 Å². The van der Waals surface area contributed by atoms with Gasteiger partial charge in [0.1, 0.15) is 12.2 Å². The van der Waals surface area contributed by atoms with Crippen LogP contribution in [0.2, 0.25) is 5.62 Å². The minimum absolute atomic E-state index is 0.0944. The van der Waals surface area contributed by atoms with Gasteiger partial charge < -0.3 is 14.9 Å². The minimum atomic E-state index is -1.84. The van der Waals surface area contributed by atoms with Crippen LogP contribution in [-0.4, -0.2) is 109 Å². The number of H-pyrrole nitrogens is 1. The minimum Gasteiger partial charge on any atom is -0.394 e. The molecule has 0 radical (unpaired) electrons. The lowest BCUT2D eigenvalue weighted by Gasteiger charge is -2.64. The van der Waals surface area contributed by atoms with E-state index in [1.54, 1.807) is 0 Å². The third-order valence-electron chi connectivity index (χ3n) is 11.1. The van der Waals surface area contributed by atoms with Crippen LogP contribution in [0.4, 0.5) is 4.39 Å². The molecule has 0 amide bonds. The first-order valence-electron chi connectivity index (χ1n) is 11.0. The average Bonchev–Trinajstić information content (AvgIpc) is 3.05. The van der Waals surface area contributed by atoms with Crippen molar-refractivity contribution in [2.45, 2.75) is 35.3 Å². The highest BCUT2D eigenvalue weighted by molar-refractivity contribution is 8.49. The molecular formula is C11H11B10FN2O5. The number of hydrogen-bond donors (Lipinski definition) is 3. The molecule has 8 aliphatic heterocycles. The Kier molecular flexibility index (Phi) is 2.32. The second kappa shape index (κ2) is 4.24. The maximum atomic E-state index is 14.6. The quantitative estimate of drug-likeness (QED) is 0.455. The van der Waals surface area contributed by atoms with Gasteiger partial charge in [-0.25, -0.2) is 9.18 Å². The predicted molar refractivity (Wildman–Crippen MR) is 116 cm³/mol. The van der Waals surface area contributed by atoms with Crippen molar-refractivity contribution < 1.29 is 19.3 Å². The molecule has 8 saturated heterocycles. The summed E-state index contributed by atoms with van der Waals surface area (Å²) in [6.07, 6.45) is -0.879. The normalized spacial score (nSPS) is 37.2. The van der Waals surface area contributed by atoms with E-state index in [0.29, 0.717) is 25.0 Å². The molecule has 0 aromatic carbocycles. The van der Waals surface area contributed by atoms with E-state index in [0.717, 1.165) is 55.2 Å². The van der Waals surface area contributed by atoms with Gasteiger partial charge in [0.25, 0.3) is 5.56 Å². The zero-order chi connectivity index (χ0) is 19.3. The summed E-state index contributed by atoms with van der Waals surface area (Å²) in [5.74, 6) is 0. The zero-order valence-corrected chi connectivity index (χ0v) is 15.4. The van der Waals surface area contributed by atoms with Crippen molar-refractivity contribution in [1.82, 2.24) is 9.55 Å². The van der Waals surface area contributed by atoms with Gasteiger partial charge in [0, 0.05) is 76.3 Å². The van der Waals surface area contributed by atoms with Gasteiger partial charge in [0.05, 0.1) is 6.61 Å². The molecule has 0 spiro atoms. The number of fused-ring (bicyclic) bond motifs is 8. The summed E-state index contributed by atoms with van der Waals surface area (Å²) in [4.78, 5) is 27.6. The first-order chi connectivity index (χ1) is 14.0. The number of rotatable bonds is 3. The molecule has 4 unspecified atom stereocenters. The summed E-state index contributed by atoms with van der Waals surface area (Å²) in [6.45, 7) is 4.17. The fourth-order valence-electron chi connectivity index (χ4n) is 10.6. The van der Waals surface area contributed by atoms with Gasteiger partial charge in [-0.2, -0.15) is 0 Å². The fourth-order valence-corrected chi connectivity index (χ4v) is 10.6. The number of nitrogens with one attached hydrogen (secondary N) is 1. The van der Waals surface area contributed by atoms with Gasteiger partial charge >= 0.3 is 5.69 Å². The summed E-state index contributed by atoms with van der Waals surface area (Å²) in [5, 5.41) is 19.1. The van der Waals surface area contributed by atoms with E-state index in [-0.39, 0.29) is 10.7 Å². The summed E-state index contributed by atoms with van der Waals surface area (Å²) in [7, 11) is 0. The van der Waals surface area contributed by atoms with Gasteiger partial charge in [-0.1, -0.05) is 0 Å². The number of alkyl halides is 1. The lowest BCUT2D eigenvalue weighted by atomic mass is 8.34. The van der Waals surface area contributed by atoms with E-state index in [9.17, 15) is 24.2 Å². The summed E-state index contributed by atoms with van der Waals surface area (Å²) >= 11 is 0. The van der Waals surface area contributed by atoms with E-state index in [1.807, 2.05) is 0 Å². The Morgan fingerprint density at radius 3 is 2.45 bits per heavy atom. The topological polar surface area (TPSA) is 105 Å².